The van der Waals surface area contributed by atoms with Gasteiger partial charge in [-0.3, -0.25) is 14.4 Å². The molecule has 0 heterocycles. The van der Waals surface area contributed by atoms with Gasteiger partial charge in [0.15, 0.2) is 6.10 Å². The van der Waals surface area contributed by atoms with Crippen molar-refractivity contribution in [3.05, 3.63) is 109 Å². The van der Waals surface area contributed by atoms with E-state index in [1.54, 1.807) is 0 Å². The van der Waals surface area contributed by atoms with Crippen LogP contribution in [0.5, 0.6) is 0 Å². The number of carbonyl (C=O) groups is 3. The first-order valence-electron chi connectivity index (χ1n) is 23.4. The molecule has 0 bridgehead atoms. The number of ether oxygens (including phenoxy) is 3. The monoisotopic (exact) mass is 817 g/mol. The lowest BCUT2D eigenvalue weighted by atomic mass is 10.1. The summed E-state index contributed by atoms with van der Waals surface area (Å²) in [7, 11) is 0. The first kappa shape index (κ1) is 55.1. The molecule has 0 amide bonds. The van der Waals surface area contributed by atoms with Crippen molar-refractivity contribution in [1.82, 2.24) is 0 Å². The van der Waals surface area contributed by atoms with Crippen molar-refractivity contribution < 1.29 is 28.6 Å². The first-order valence-corrected chi connectivity index (χ1v) is 23.4. The van der Waals surface area contributed by atoms with E-state index in [-0.39, 0.29) is 37.5 Å². The average molecular weight is 817 g/mol. The van der Waals surface area contributed by atoms with Crippen LogP contribution in [0.2, 0.25) is 0 Å². The molecule has 1 atom stereocenters. The standard InChI is InChI=1S/C53H84O6/c1-4-7-10-13-15-17-19-21-22-23-24-25-26-27-28-29-30-32-33-35-37-40-43-46-52(55)58-49-50(48-57-51(54)45-42-39-12-9-6-3)59-53(56)47-44-41-38-36-34-31-20-18-16-14-11-8-5-2/h7,10-11,14-15,17-18,20-22,24-25,27-28,30,32,35,37,50H,4-6,8-9,12-13,16,19,23,26,29,31,33-34,36,38-49H2,1-3H3/b10-7-,14-11-,17-15-,20-18-,22-21-,25-24-,28-27-,32-30-,37-35-. The maximum atomic E-state index is 12.7. The Morgan fingerprint density at radius 2 is 0.712 bits per heavy atom. The third kappa shape index (κ3) is 45.0. The van der Waals surface area contributed by atoms with Gasteiger partial charge >= 0.3 is 17.9 Å². The molecule has 0 aromatic rings. The molecule has 1 unspecified atom stereocenters. The Kier molecular flexibility index (Phi) is 43.6. The fourth-order valence-corrected chi connectivity index (χ4v) is 5.76. The molecule has 59 heavy (non-hydrogen) atoms. The third-order valence-corrected chi connectivity index (χ3v) is 9.24. The van der Waals surface area contributed by atoms with Crippen LogP contribution in [0.15, 0.2) is 109 Å². The molecule has 0 N–H and O–H groups in total. The van der Waals surface area contributed by atoms with Gasteiger partial charge < -0.3 is 14.2 Å². The fourth-order valence-electron chi connectivity index (χ4n) is 5.76. The summed E-state index contributed by atoms with van der Waals surface area (Å²) in [6.07, 6.45) is 62.5. The molecule has 6 nitrogen and oxygen atoms in total. The van der Waals surface area contributed by atoms with E-state index in [9.17, 15) is 14.4 Å². The number of esters is 3. The largest absolute Gasteiger partial charge is 0.462 e. The summed E-state index contributed by atoms with van der Waals surface area (Å²) in [4.78, 5) is 37.5. The van der Waals surface area contributed by atoms with Gasteiger partial charge in [-0.1, -0.05) is 182 Å². The summed E-state index contributed by atoms with van der Waals surface area (Å²) in [5, 5.41) is 0. The summed E-state index contributed by atoms with van der Waals surface area (Å²) < 4.78 is 16.5. The maximum Gasteiger partial charge on any atom is 0.306 e. The van der Waals surface area contributed by atoms with Crippen molar-refractivity contribution in [3.8, 4) is 0 Å². The summed E-state index contributed by atoms with van der Waals surface area (Å²) in [6.45, 7) is 6.28. The summed E-state index contributed by atoms with van der Waals surface area (Å²) >= 11 is 0. The molecule has 332 valence electrons. The lowest BCUT2D eigenvalue weighted by Crippen LogP contribution is -2.30. The molecule has 0 aliphatic heterocycles. The van der Waals surface area contributed by atoms with Crippen LogP contribution in [-0.4, -0.2) is 37.2 Å². The van der Waals surface area contributed by atoms with Gasteiger partial charge in [-0.15, -0.1) is 0 Å². The van der Waals surface area contributed by atoms with E-state index in [2.05, 4.69) is 130 Å². The van der Waals surface area contributed by atoms with Crippen LogP contribution in [-0.2, 0) is 28.6 Å². The zero-order valence-electron chi connectivity index (χ0n) is 37.7. The average Bonchev–Trinajstić information content (AvgIpc) is 3.23. The van der Waals surface area contributed by atoms with Gasteiger partial charge in [0.05, 0.1) is 0 Å². The molecule has 0 fully saturated rings. The molecule has 0 rings (SSSR count). The molecule has 0 aliphatic rings. The molecule has 0 saturated heterocycles. The second kappa shape index (κ2) is 46.8. The van der Waals surface area contributed by atoms with Crippen molar-refractivity contribution in [3.63, 3.8) is 0 Å². The maximum absolute atomic E-state index is 12.7. The van der Waals surface area contributed by atoms with E-state index in [1.165, 1.54) is 6.42 Å². The van der Waals surface area contributed by atoms with Crippen molar-refractivity contribution in [2.24, 2.45) is 0 Å². The lowest BCUT2D eigenvalue weighted by molar-refractivity contribution is -0.167. The number of hydrogen-bond acceptors (Lipinski definition) is 6. The minimum absolute atomic E-state index is 0.105. The zero-order chi connectivity index (χ0) is 43.0. The van der Waals surface area contributed by atoms with E-state index in [0.717, 1.165) is 135 Å². The van der Waals surface area contributed by atoms with Crippen molar-refractivity contribution in [1.29, 1.82) is 0 Å². The minimum Gasteiger partial charge on any atom is -0.462 e. The van der Waals surface area contributed by atoms with Crippen LogP contribution in [0, 0.1) is 0 Å². The van der Waals surface area contributed by atoms with Crippen LogP contribution in [0.4, 0.5) is 0 Å². The van der Waals surface area contributed by atoms with Gasteiger partial charge in [0.1, 0.15) is 13.2 Å². The van der Waals surface area contributed by atoms with Gasteiger partial charge in [0.25, 0.3) is 0 Å². The highest BCUT2D eigenvalue weighted by molar-refractivity contribution is 5.71. The Bertz CT molecular complexity index is 1260. The molecule has 0 aromatic heterocycles. The van der Waals surface area contributed by atoms with E-state index in [0.29, 0.717) is 19.3 Å². The van der Waals surface area contributed by atoms with Crippen LogP contribution in [0.25, 0.3) is 0 Å². The lowest BCUT2D eigenvalue weighted by Gasteiger charge is -2.18. The molecule has 0 saturated carbocycles. The smallest absolute Gasteiger partial charge is 0.306 e. The second-order valence-corrected chi connectivity index (χ2v) is 14.9. The Morgan fingerprint density at radius 3 is 1.17 bits per heavy atom. The van der Waals surface area contributed by atoms with Crippen LogP contribution < -0.4 is 0 Å². The molecule has 0 aliphatic carbocycles. The van der Waals surface area contributed by atoms with Gasteiger partial charge in [-0.05, 0) is 96.3 Å². The summed E-state index contributed by atoms with van der Waals surface area (Å²) in [5.74, 6) is -1.01. The zero-order valence-corrected chi connectivity index (χ0v) is 37.7. The first-order chi connectivity index (χ1) is 29.0. The summed E-state index contributed by atoms with van der Waals surface area (Å²) in [5.41, 5.74) is 0. The minimum atomic E-state index is -0.805. The van der Waals surface area contributed by atoms with E-state index in [1.807, 2.05) is 0 Å². The molecule has 0 spiro atoms. The van der Waals surface area contributed by atoms with Crippen molar-refractivity contribution in [2.75, 3.05) is 13.2 Å². The van der Waals surface area contributed by atoms with E-state index in [4.69, 9.17) is 14.2 Å². The Labute approximate surface area is 361 Å². The predicted octanol–water partition coefficient (Wildman–Crippen LogP) is 15.2. The predicted molar refractivity (Wildman–Crippen MR) is 251 cm³/mol. The molecular formula is C53H84O6. The number of allylic oxidation sites excluding steroid dienone is 18. The van der Waals surface area contributed by atoms with Crippen LogP contribution in [0.1, 0.15) is 188 Å². The SMILES string of the molecule is CC/C=C\C/C=C\C/C=C\C/C=C\C/C=C\C/C=C\C/C=C\CCCC(=O)OCC(COC(=O)CCCCCCC)OC(=O)CCCCCCC/C=C\C/C=C\CCC. The van der Waals surface area contributed by atoms with Gasteiger partial charge in [-0.25, -0.2) is 0 Å². The number of rotatable bonds is 40. The van der Waals surface area contributed by atoms with Crippen molar-refractivity contribution in [2.45, 2.75) is 194 Å². The highest BCUT2D eigenvalue weighted by Gasteiger charge is 2.19. The van der Waals surface area contributed by atoms with Crippen molar-refractivity contribution >= 4 is 17.9 Å². The number of unbranched alkanes of at least 4 members (excludes halogenated alkanes) is 11. The molecular weight excluding hydrogens is 733 g/mol. The molecule has 6 heteroatoms. The topological polar surface area (TPSA) is 78.9 Å². The van der Waals surface area contributed by atoms with Crippen LogP contribution in [0.3, 0.4) is 0 Å². The van der Waals surface area contributed by atoms with Gasteiger partial charge in [0.2, 0.25) is 0 Å². The Hall–Kier alpha value is -3.93. The van der Waals surface area contributed by atoms with Gasteiger partial charge in [-0.2, -0.15) is 0 Å². The normalized spacial score (nSPS) is 13.1. The highest BCUT2D eigenvalue weighted by atomic mass is 16.6. The number of carbonyl (C=O) groups excluding carboxylic acids is 3. The number of hydrogen-bond donors (Lipinski definition) is 0. The quantitative estimate of drug-likeness (QED) is 0.0265. The molecule has 0 radical (unpaired) electrons. The fraction of sp³-hybridized carbons (Fsp3) is 0.604. The second-order valence-electron chi connectivity index (χ2n) is 14.9. The van der Waals surface area contributed by atoms with Crippen LogP contribution >= 0.6 is 0 Å². The Morgan fingerprint density at radius 1 is 0.356 bits per heavy atom. The van der Waals surface area contributed by atoms with E-state index >= 15 is 0 Å². The Balaban J connectivity index is 4.33. The van der Waals surface area contributed by atoms with Gasteiger partial charge in [0, 0.05) is 19.3 Å². The highest BCUT2D eigenvalue weighted by Crippen LogP contribution is 2.11. The van der Waals surface area contributed by atoms with E-state index < -0.39 is 6.10 Å². The third-order valence-electron chi connectivity index (χ3n) is 9.24. The molecule has 0 aromatic carbocycles. The summed E-state index contributed by atoms with van der Waals surface area (Å²) in [6, 6.07) is 0.